The van der Waals surface area contributed by atoms with Gasteiger partial charge in [0.2, 0.25) is 17.8 Å². The Morgan fingerprint density at radius 2 is 1.57 bits per heavy atom. The lowest BCUT2D eigenvalue weighted by molar-refractivity contribution is 0.441. The molecule has 2 rings (SSSR count). The molecule has 0 spiro atoms. The van der Waals surface area contributed by atoms with Crippen LogP contribution in [-0.2, 0) is 0 Å². The molecule has 118 valence electrons. The van der Waals surface area contributed by atoms with Crippen molar-refractivity contribution in [1.82, 2.24) is 15.0 Å². The third-order valence-electron chi connectivity index (χ3n) is 3.37. The summed E-state index contributed by atoms with van der Waals surface area (Å²) >= 11 is 0. The molecule has 0 aliphatic carbocycles. The fourth-order valence-electron chi connectivity index (χ4n) is 2.26. The molecule has 0 bridgehead atoms. The van der Waals surface area contributed by atoms with E-state index in [2.05, 4.69) is 51.3 Å². The third kappa shape index (κ3) is 5.02. The normalized spacial score (nSPS) is 15.9. The molecule has 1 fully saturated rings. The summed E-state index contributed by atoms with van der Waals surface area (Å²) in [5, 5.41) is 6.53. The minimum absolute atomic E-state index is 0.191. The zero-order valence-electron chi connectivity index (χ0n) is 13.7. The summed E-state index contributed by atoms with van der Waals surface area (Å²) in [6.07, 6.45) is 3.73. The fraction of sp³-hybridized carbons (Fsp3) is 0.800. The Kier molecular flexibility index (Phi) is 5.20. The van der Waals surface area contributed by atoms with Gasteiger partial charge >= 0.3 is 0 Å². The van der Waals surface area contributed by atoms with E-state index in [9.17, 15) is 0 Å². The van der Waals surface area contributed by atoms with Gasteiger partial charge in [-0.1, -0.05) is 20.8 Å². The summed E-state index contributed by atoms with van der Waals surface area (Å²) in [4.78, 5) is 15.8. The average molecular weight is 292 g/mol. The van der Waals surface area contributed by atoms with Gasteiger partial charge in [0.25, 0.3) is 0 Å². The molecule has 1 aliphatic rings. The number of aromatic nitrogens is 3. The van der Waals surface area contributed by atoms with Crippen LogP contribution < -0.4 is 15.5 Å². The first kappa shape index (κ1) is 15.8. The van der Waals surface area contributed by atoms with Gasteiger partial charge in [0, 0.05) is 26.2 Å². The summed E-state index contributed by atoms with van der Waals surface area (Å²) < 4.78 is 0. The molecule has 6 nitrogen and oxygen atoms in total. The van der Waals surface area contributed by atoms with Crippen LogP contribution in [0.15, 0.2) is 0 Å². The standard InChI is InChI=1S/C15H28N6/c1-5-16-12-18-13(17-11-15(2,3)4)20-14(19-12)21-9-7-6-8-10-21/h5-11H2,1-4H3,(H2,16,17,18,19,20). The first-order valence-corrected chi connectivity index (χ1v) is 7.97. The molecule has 0 amide bonds. The lowest BCUT2D eigenvalue weighted by Gasteiger charge is -2.27. The summed E-state index contributed by atoms with van der Waals surface area (Å²) in [6.45, 7) is 12.3. The second-order valence-electron chi connectivity index (χ2n) is 6.77. The van der Waals surface area contributed by atoms with Crippen LogP contribution in [0.4, 0.5) is 17.8 Å². The summed E-state index contributed by atoms with van der Waals surface area (Å²) in [5.41, 5.74) is 0.191. The van der Waals surface area contributed by atoms with E-state index in [1.807, 2.05) is 6.92 Å². The molecular weight excluding hydrogens is 264 g/mol. The minimum atomic E-state index is 0.191. The molecule has 0 aromatic carbocycles. The lowest BCUT2D eigenvalue weighted by atomic mass is 9.97. The molecule has 21 heavy (non-hydrogen) atoms. The van der Waals surface area contributed by atoms with Crippen LogP contribution in [0, 0.1) is 5.41 Å². The van der Waals surface area contributed by atoms with Crippen LogP contribution in [-0.4, -0.2) is 41.1 Å². The van der Waals surface area contributed by atoms with E-state index in [1.54, 1.807) is 0 Å². The molecule has 0 unspecified atom stereocenters. The maximum absolute atomic E-state index is 4.59. The van der Waals surface area contributed by atoms with Gasteiger partial charge in [-0.3, -0.25) is 0 Å². The Labute approximate surface area is 127 Å². The highest BCUT2D eigenvalue weighted by atomic mass is 15.3. The number of piperidine rings is 1. The molecule has 6 heteroatoms. The lowest BCUT2D eigenvalue weighted by Crippen LogP contribution is -2.32. The number of nitrogens with one attached hydrogen (secondary N) is 2. The SMILES string of the molecule is CCNc1nc(NCC(C)(C)C)nc(N2CCCCC2)n1. The Hall–Kier alpha value is -1.59. The van der Waals surface area contributed by atoms with Crippen LogP contribution in [0.5, 0.6) is 0 Å². The Balaban J connectivity index is 2.16. The van der Waals surface area contributed by atoms with Crippen molar-refractivity contribution >= 4 is 17.8 Å². The van der Waals surface area contributed by atoms with Crippen molar-refractivity contribution in [2.24, 2.45) is 5.41 Å². The number of anilines is 3. The van der Waals surface area contributed by atoms with E-state index in [-0.39, 0.29) is 5.41 Å². The van der Waals surface area contributed by atoms with Crippen LogP contribution in [0.3, 0.4) is 0 Å². The van der Waals surface area contributed by atoms with Gasteiger partial charge in [-0.05, 0) is 31.6 Å². The molecule has 1 aromatic heterocycles. The Morgan fingerprint density at radius 1 is 0.952 bits per heavy atom. The molecule has 1 aromatic rings. The molecule has 0 radical (unpaired) electrons. The van der Waals surface area contributed by atoms with E-state index in [0.29, 0.717) is 11.9 Å². The van der Waals surface area contributed by atoms with Crippen molar-refractivity contribution in [3.63, 3.8) is 0 Å². The molecule has 0 atom stereocenters. The van der Waals surface area contributed by atoms with E-state index in [4.69, 9.17) is 0 Å². The van der Waals surface area contributed by atoms with Crippen LogP contribution in [0.25, 0.3) is 0 Å². The van der Waals surface area contributed by atoms with Gasteiger partial charge in [-0.15, -0.1) is 0 Å². The van der Waals surface area contributed by atoms with Gasteiger partial charge in [0.1, 0.15) is 0 Å². The molecule has 2 heterocycles. The maximum atomic E-state index is 4.59. The number of hydrogen-bond acceptors (Lipinski definition) is 6. The van der Waals surface area contributed by atoms with Crippen molar-refractivity contribution in [2.75, 3.05) is 41.7 Å². The first-order valence-electron chi connectivity index (χ1n) is 7.97. The maximum Gasteiger partial charge on any atom is 0.231 e. The number of nitrogens with zero attached hydrogens (tertiary/aromatic N) is 4. The highest BCUT2D eigenvalue weighted by Crippen LogP contribution is 2.19. The topological polar surface area (TPSA) is 66.0 Å². The predicted octanol–water partition coefficient (Wildman–Crippen LogP) is 2.75. The number of hydrogen-bond donors (Lipinski definition) is 2. The second kappa shape index (κ2) is 6.91. The van der Waals surface area contributed by atoms with Crippen LogP contribution in [0.1, 0.15) is 47.0 Å². The number of rotatable bonds is 5. The van der Waals surface area contributed by atoms with Crippen molar-refractivity contribution in [3.8, 4) is 0 Å². The zero-order chi connectivity index (χ0) is 15.3. The summed E-state index contributed by atoms with van der Waals surface area (Å²) in [5.74, 6) is 2.11. The Bertz CT molecular complexity index is 448. The summed E-state index contributed by atoms with van der Waals surface area (Å²) in [7, 11) is 0. The fourth-order valence-corrected chi connectivity index (χ4v) is 2.26. The third-order valence-corrected chi connectivity index (χ3v) is 3.37. The van der Waals surface area contributed by atoms with Crippen LogP contribution >= 0.6 is 0 Å². The highest BCUT2D eigenvalue weighted by Gasteiger charge is 2.17. The molecule has 2 N–H and O–H groups in total. The predicted molar refractivity (Wildman–Crippen MR) is 88.0 cm³/mol. The van der Waals surface area contributed by atoms with Gasteiger partial charge in [-0.2, -0.15) is 15.0 Å². The van der Waals surface area contributed by atoms with E-state index < -0.39 is 0 Å². The minimum Gasteiger partial charge on any atom is -0.354 e. The van der Waals surface area contributed by atoms with E-state index in [1.165, 1.54) is 19.3 Å². The summed E-state index contributed by atoms with van der Waals surface area (Å²) in [6, 6.07) is 0. The smallest absolute Gasteiger partial charge is 0.231 e. The largest absolute Gasteiger partial charge is 0.354 e. The van der Waals surface area contributed by atoms with Crippen molar-refractivity contribution in [3.05, 3.63) is 0 Å². The average Bonchev–Trinajstić information content (AvgIpc) is 2.46. The monoisotopic (exact) mass is 292 g/mol. The molecule has 0 saturated carbocycles. The van der Waals surface area contributed by atoms with Gasteiger partial charge in [-0.25, -0.2) is 0 Å². The molecular formula is C15H28N6. The highest BCUT2D eigenvalue weighted by molar-refractivity contribution is 5.44. The Morgan fingerprint density at radius 3 is 2.14 bits per heavy atom. The van der Waals surface area contributed by atoms with Gasteiger partial charge in [0.15, 0.2) is 0 Å². The quantitative estimate of drug-likeness (QED) is 0.870. The first-order chi connectivity index (χ1) is 9.98. The van der Waals surface area contributed by atoms with Gasteiger partial charge in [0.05, 0.1) is 0 Å². The second-order valence-corrected chi connectivity index (χ2v) is 6.77. The van der Waals surface area contributed by atoms with Crippen molar-refractivity contribution in [1.29, 1.82) is 0 Å². The van der Waals surface area contributed by atoms with Crippen molar-refractivity contribution < 1.29 is 0 Å². The zero-order valence-corrected chi connectivity index (χ0v) is 13.7. The molecule has 1 aliphatic heterocycles. The van der Waals surface area contributed by atoms with Crippen LogP contribution in [0.2, 0.25) is 0 Å². The molecule has 1 saturated heterocycles. The van der Waals surface area contributed by atoms with E-state index >= 15 is 0 Å². The van der Waals surface area contributed by atoms with E-state index in [0.717, 1.165) is 32.1 Å². The van der Waals surface area contributed by atoms with Gasteiger partial charge < -0.3 is 15.5 Å². The van der Waals surface area contributed by atoms with Crippen molar-refractivity contribution in [2.45, 2.75) is 47.0 Å².